The summed E-state index contributed by atoms with van der Waals surface area (Å²) in [5, 5.41) is 25.1. The third-order valence-corrected chi connectivity index (χ3v) is 2.75. The Bertz CT molecular complexity index is 730. The topological polar surface area (TPSA) is 108 Å². The number of nitro groups is 2. The van der Waals surface area contributed by atoms with E-state index in [1.54, 1.807) is 30.3 Å². The van der Waals surface area contributed by atoms with E-state index in [0.29, 0.717) is 11.1 Å². The lowest BCUT2D eigenvalue weighted by atomic mass is 10.2. The van der Waals surface area contributed by atoms with Gasteiger partial charge in [0.15, 0.2) is 0 Å². The lowest BCUT2D eigenvalue weighted by molar-refractivity contribution is -0.385. The van der Waals surface area contributed by atoms with Gasteiger partial charge in [-0.05, 0) is 11.6 Å². The van der Waals surface area contributed by atoms with Gasteiger partial charge in [-0.25, -0.2) is 0 Å². The fourth-order valence-corrected chi connectivity index (χ4v) is 1.73. The van der Waals surface area contributed by atoms with Crippen molar-refractivity contribution < 1.29 is 14.7 Å². The Hall–Kier alpha value is -3.29. The second-order valence-corrected chi connectivity index (χ2v) is 4.25. The molecule has 22 heavy (non-hydrogen) atoms. The van der Waals surface area contributed by atoms with Crippen molar-refractivity contribution >= 4 is 17.6 Å². The van der Waals surface area contributed by atoms with Crippen LogP contribution in [0.15, 0.2) is 53.7 Å². The van der Waals surface area contributed by atoms with E-state index in [2.05, 4.69) is 5.16 Å². The summed E-state index contributed by atoms with van der Waals surface area (Å²) in [5.41, 5.74) is 0.773. The Morgan fingerprint density at radius 3 is 2.55 bits per heavy atom. The molecule has 0 fully saturated rings. The van der Waals surface area contributed by atoms with Gasteiger partial charge in [0.1, 0.15) is 6.61 Å². The summed E-state index contributed by atoms with van der Waals surface area (Å²) in [6.07, 6.45) is 1.23. The van der Waals surface area contributed by atoms with E-state index in [1.165, 1.54) is 24.4 Å². The predicted octanol–water partition coefficient (Wildman–Crippen LogP) is 3.05. The Morgan fingerprint density at radius 2 is 1.82 bits per heavy atom. The summed E-state index contributed by atoms with van der Waals surface area (Å²) in [4.78, 5) is 25.5. The summed E-state index contributed by atoms with van der Waals surface area (Å²) >= 11 is 0. The summed E-state index contributed by atoms with van der Waals surface area (Å²) in [6, 6.07) is 12.1. The summed E-state index contributed by atoms with van der Waals surface area (Å²) in [6.45, 7) is 0.0266. The van der Waals surface area contributed by atoms with Crippen molar-refractivity contribution in [2.75, 3.05) is 0 Å². The molecule has 0 aromatic heterocycles. The highest BCUT2D eigenvalue weighted by molar-refractivity contribution is 5.84. The third kappa shape index (κ3) is 3.85. The van der Waals surface area contributed by atoms with Crippen LogP contribution in [0, 0.1) is 20.2 Å². The van der Waals surface area contributed by atoms with Crippen LogP contribution in [0.3, 0.4) is 0 Å². The molecule has 2 rings (SSSR count). The smallest absolute Gasteiger partial charge is 0.278 e. The van der Waals surface area contributed by atoms with E-state index in [0.717, 1.165) is 0 Å². The molecule has 0 aliphatic rings. The van der Waals surface area contributed by atoms with E-state index >= 15 is 0 Å². The molecule has 0 radical (unpaired) electrons. The minimum atomic E-state index is -0.512. The molecule has 8 nitrogen and oxygen atoms in total. The van der Waals surface area contributed by atoms with Gasteiger partial charge in [-0.3, -0.25) is 20.2 Å². The van der Waals surface area contributed by atoms with Crippen molar-refractivity contribution in [2.24, 2.45) is 5.16 Å². The van der Waals surface area contributed by atoms with Crippen LogP contribution in [-0.2, 0) is 11.4 Å². The minimum Gasteiger partial charge on any atom is -0.391 e. The molecule has 0 aliphatic heterocycles. The summed E-state index contributed by atoms with van der Waals surface area (Å²) in [5.74, 6) is 0. The Balaban J connectivity index is 2.01. The highest BCUT2D eigenvalue weighted by Gasteiger charge is 2.10. The molecule has 0 heterocycles. The number of rotatable bonds is 6. The number of benzene rings is 2. The van der Waals surface area contributed by atoms with Gasteiger partial charge in [-0.2, -0.15) is 0 Å². The first kappa shape index (κ1) is 15.1. The van der Waals surface area contributed by atoms with Gasteiger partial charge >= 0.3 is 0 Å². The van der Waals surface area contributed by atoms with Crippen LogP contribution in [0.5, 0.6) is 0 Å². The molecule has 0 saturated carbocycles. The highest BCUT2D eigenvalue weighted by Crippen LogP contribution is 2.16. The molecular weight excluding hydrogens is 290 g/mol. The zero-order valence-corrected chi connectivity index (χ0v) is 11.3. The van der Waals surface area contributed by atoms with Crippen LogP contribution in [0.4, 0.5) is 11.4 Å². The maximum Gasteiger partial charge on any atom is 0.278 e. The molecule has 0 aliphatic carbocycles. The van der Waals surface area contributed by atoms with Crippen LogP contribution in [0.25, 0.3) is 0 Å². The van der Waals surface area contributed by atoms with Gasteiger partial charge in [0, 0.05) is 18.2 Å². The molecule has 0 atom stereocenters. The molecule has 2 aromatic carbocycles. The number of hydrogen-bond acceptors (Lipinski definition) is 6. The lowest BCUT2D eigenvalue weighted by Crippen LogP contribution is -1.95. The summed E-state index contributed by atoms with van der Waals surface area (Å²) < 4.78 is 0. The van der Waals surface area contributed by atoms with Crippen molar-refractivity contribution in [2.45, 2.75) is 6.61 Å². The van der Waals surface area contributed by atoms with Gasteiger partial charge in [0.05, 0.1) is 21.6 Å². The number of hydrogen-bond donors (Lipinski definition) is 0. The molecule has 0 spiro atoms. The van der Waals surface area contributed by atoms with Crippen molar-refractivity contribution in [1.82, 2.24) is 0 Å². The zero-order chi connectivity index (χ0) is 15.9. The molecule has 112 valence electrons. The van der Waals surface area contributed by atoms with E-state index < -0.39 is 9.85 Å². The average Bonchev–Trinajstić information content (AvgIpc) is 2.52. The predicted molar refractivity (Wildman–Crippen MR) is 78.6 cm³/mol. The second-order valence-electron chi connectivity index (χ2n) is 4.25. The molecule has 0 bridgehead atoms. The first-order chi connectivity index (χ1) is 10.6. The maximum absolute atomic E-state index is 10.8. The largest absolute Gasteiger partial charge is 0.391 e. The number of nitro benzene ring substituents is 2. The molecule has 0 N–H and O–H groups in total. The first-order valence-corrected chi connectivity index (χ1v) is 6.20. The molecule has 0 unspecified atom stereocenters. The minimum absolute atomic E-state index is 0.0266. The Labute approximate surface area is 124 Å². The summed E-state index contributed by atoms with van der Waals surface area (Å²) in [7, 11) is 0. The van der Waals surface area contributed by atoms with E-state index in [9.17, 15) is 20.2 Å². The second kappa shape index (κ2) is 6.93. The fourth-order valence-electron chi connectivity index (χ4n) is 1.73. The quantitative estimate of drug-likeness (QED) is 0.463. The van der Waals surface area contributed by atoms with E-state index in [4.69, 9.17) is 4.84 Å². The normalized spacial score (nSPS) is 10.5. The van der Waals surface area contributed by atoms with E-state index in [1.807, 2.05) is 0 Å². The van der Waals surface area contributed by atoms with Crippen molar-refractivity contribution in [3.63, 3.8) is 0 Å². The first-order valence-electron chi connectivity index (χ1n) is 6.20. The van der Waals surface area contributed by atoms with Crippen molar-refractivity contribution in [1.29, 1.82) is 0 Å². The third-order valence-electron chi connectivity index (χ3n) is 2.75. The Kier molecular flexibility index (Phi) is 4.76. The van der Waals surface area contributed by atoms with Gasteiger partial charge < -0.3 is 4.84 Å². The van der Waals surface area contributed by atoms with Gasteiger partial charge in [0.2, 0.25) is 0 Å². The average molecular weight is 301 g/mol. The van der Waals surface area contributed by atoms with Crippen LogP contribution >= 0.6 is 0 Å². The molecule has 0 saturated heterocycles. The zero-order valence-electron chi connectivity index (χ0n) is 11.3. The van der Waals surface area contributed by atoms with Gasteiger partial charge in [-0.1, -0.05) is 29.4 Å². The number of non-ortho nitro benzene ring substituents is 1. The van der Waals surface area contributed by atoms with Crippen molar-refractivity contribution in [3.05, 3.63) is 79.9 Å². The molecule has 0 amide bonds. The van der Waals surface area contributed by atoms with Gasteiger partial charge in [0.25, 0.3) is 11.4 Å². The van der Waals surface area contributed by atoms with Crippen LogP contribution in [-0.4, -0.2) is 16.1 Å². The van der Waals surface area contributed by atoms with Crippen LogP contribution < -0.4 is 0 Å². The monoisotopic (exact) mass is 301 g/mol. The van der Waals surface area contributed by atoms with Crippen LogP contribution in [0.2, 0.25) is 0 Å². The SMILES string of the molecule is O=[N+]([O-])c1cccc(CO/N=C\c2ccccc2[N+](=O)[O-])c1. The molecular formula is C14H11N3O5. The number of oxime groups is 1. The Morgan fingerprint density at radius 1 is 1.05 bits per heavy atom. The molecule has 2 aromatic rings. The van der Waals surface area contributed by atoms with Crippen molar-refractivity contribution in [3.8, 4) is 0 Å². The standard InChI is InChI=1S/C14H11N3O5/c18-16(19)13-6-3-4-11(8-13)10-22-15-9-12-5-1-2-7-14(12)17(20)21/h1-9H,10H2/b15-9-. The van der Waals surface area contributed by atoms with Crippen LogP contribution in [0.1, 0.15) is 11.1 Å². The number of para-hydroxylation sites is 1. The van der Waals surface area contributed by atoms with E-state index in [-0.39, 0.29) is 18.0 Å². The fraction of sp³-hybridized carbons (Fsp3) is 0.0714. The highest BCUT2D eigenvalue weighted by atomic mass is 16.6. The molecule has 8 heteroatoms. The lowest BCUT2D eigenvalue weighted by Gasteiger charge is -2.00. The van der Waals surface area contributed by atoms with Gasteiger partial charge in [-0.15, -0.1) is 0 Å². The number of nitrogens with zero attached hydrogens (tertiary/aromatic N) is 3. The maximum atomic E-state index is 10.8.